The molecule has 3 N–H and O–H groups in total. The minimum Gasteiger partial charge on any atom is -0.346 e. The van der Waals surface area contributed by atoms with Crippen molar-refractivity contribution in [2.45, 2.75) is 38.8 Å². The molecule has 0 atom stereocenters. The van der Waals surface area contributed by atoms with Crippen LogP contribution in [0.5, 0.6) is 0 Å². The third-order valence-corrected chi connectivity index (χ3v) is 2.41. The van der Waals surface area contributed by atoms with Crippen molar-refractivity contribution in [3.05, 3.63) is 0 Å². The van der Waals surface area contributed by atoms with Crippen LogP contribution >= 0.6 is 12.4 Å². The van der Waals surface area contributed by atoms with Crippen LogP contribution in [0.3, 0.4) is 0 Å². The molecule has 94 valence electrons. The fourth-order valence-electron chi connectivity index (χ4n) is 1.60. The van der Waals surface area contributed by atoms with Gasteiger partial charge in [0.15, 0.2) is 0 Å². The van der Waals surface area contributed by atoms with Gasteiger partial charge in [-0.05, 0) is 26.7 Å². The molecule has 1 rings (SSSR count). The Kier molecular flexibility index (Phi) is 6.36. The van der Waals surface area contributed by atoms with E-state index in [0.717, 1.165) is 12.8 Å². The summed E-state index contributed by atoms with van der Waals surface area (Å²) in [6, 6.07) is 0.576. The first-order valence-electron chi connectivity index (χ1n) is 5.34. The Morgan fingerprint density at radius 2 is 2.00 bits per heavy atom. The molecular formula is C10H20ClN3O2. The van der Waals surface area contributed by atoms with Crippen LogP contribution in [-0.4, -0.2) is 41.9 Å². The van der Waals surface area contributed by atoms with E-state index >= 15 is 0 Å². The first-order chi connectivity index (χ1) is 7.06. The van der Waals surface area contributed by atoms with E-state index in [0.29, 0.717) is 6.04 Å². The van der Waals surface area contributed by atoms with Crippen LogP contribution < -0.4 is 11.1 Å². The number of carbonyl (C=O) groups is 2. The number of nitrogens with two attached hydrogens (primary N) is 1. The summed E-state index contributed by atoms with van der Waals surface area (Å²) in [6.45, 7) is 3.96. The van der Waals surface area contributed by atoms with Gasteiger partial charge in [-0.1, -0.05) is 0 Å². The Hall–Kier alpha value is -0.810. The lowest BCUT2D eigenvalue weighted by molar-refractivity contribution is -0.134. The normalized spacial score (nSPS) is 14.2. The van der Waals surface area contributed by atoms with Gasteiger partial charge in [-0.25, -0.2) is 0 Å². The maximum absolute atomic E-state index is 11.8. The zero-order valence-electron chi connectivity index (χ0n) is 9.73. The zero-order valence-corrected chi connectivity index (χ0v) is 10.5. The fourth-order valence-corrected chi connectivity index (χ4v) is 1.60. The van der Waals surface area contributed by atoms with E-state index in [9.17, 15) is 9.59 Å². The van der Waals surface area contributed by atoms with E-state index < -0.39 is 0 Å². The molecule has 0 unspecified atom stereocenters. The first kappa shape index (κ1) is 15.2. The predicted octanol–water partition coefficient (Wildman–Crippen LogP) is -0.117. The molecule has 0 aromatic heterocycles. The van der Waals surface area contributed by atoms with Gasteiger partial charge in [-0.15, -0.1) is 12.4 Å². The zero-order chi connectivity index (χ0) is 11.4. The Morgan fingerprint density at radius 1 is 1.44 bits per heavy atom. The standard InChI is InChI=1S/C10H19N3O2.ClH/c1-7(2)13(8-3-4-8)10(15)6-12-9(14)5-11;/h7-8H,3-6,11H2,1-2H3,(H,12,14);1H. The largest absolute Gasteiger partial charge is 0.346 e. The minimum absolute atomic E-state index is 0. The van der Waals surface area contributed by atoms with Crippen molar-refractivity contribution in [2.24, 2.45) is 5.73 Å². The van der Waals surface area contributed by atoms with E-state index in [-0.39, 0.29) is 43.4 Å². The third-order valence-electron chi connectivity index (χ3n) is 2.41. The van der Waals surface area contributed by atoms with E-state index in [1.54, 1.807) is 0 Å². The predicted molar refractivity (Wildman–Crippen MR) is 64.3 cm³/mol. The van der Waals surface area contributed by atoms with Gasteiger partial charge in [0, 0.05) is 12.1 Å². The molecule has 0 saturated heterocycles. The highest BCUT2D eigenvalue weighted by Crippen LogP contribution is 2.28. The van der Waals surface area contributed by atoms with Crippen LogP contribution in [0.2, 0.25) is 0 Å². The van der Waals surface area contributed by atoms with Crippen LogP contribution in [0.15, 0.2) is 0 Å². The monoisotopic (exact) mass is 249 g/mol. The molecule has 1 fully saturated rings. The van der Waals surface area contributed by atoms with Crippen molar-refractivity contribution in [1.29, 1.82) is 0 Å². The fraction of sp³-hybridized carbons (Fsp3) is 0.800. The number of nitrogens with zero attached hydrogens (tertiary/aromatic N) is 1. The highest BCUT2D eigenvalue weighted by Gasteiger charge is 2.33. The van der Waals surface area contributed by atoms with Gasteiger partial charge < -0.3 is 16.0 Å². The maximum Gasteiger partial charge on any atom is 0.242 e. The van der Waals surface area contributed by atoms with Crippen molar-refractivity contribution in [3.63, 3.8) is 0 Å². The average Bonchev–Trinajstić information content (AvgIpc) is 2.98. The van der Waals surface area contributed by atoms with Gasteiger partial charge in [-0.2, -0.15) is 0 Å². The maximum atomic E-state index is 11.8. The van der Waals surface area contributed by atoms with E-state index in [1.807, 2.05) is 18.7 Å². The summed E-state index contributed by atoms with van der Waals surface area (Å²) in [5.74, 6) is -0.308. The van der Waals surface area contributed by atoms with Crippen molar-refractivity contribution in [1.82, 2.24) is 10.2 Å². The van der Waals surface area contributed by atoms with Crippen molar-refractivity contribution in [3.8, 4) is 0 Å². The van der Waals surface area contributed by atoms with E-state index in [4.69, 9.17) is 5.73 Å². The highest BCUT2D eigenvalue weighted by molar-refractivity contribution is 5.86. The highest BCUT2D eigenvalue weighted by atomic mass is 35.5. The van der Waals surface area contributed by atoms with Gasteiger partial charge in [-0.3, -0.25) is 9.59 Å². The lowest BCUT2D eigenvalue weighted by Crippen LogP contribution is -2.45. The molecule has 0 radical (unpaired) electrons. The molecule has 2 amide bonds. The van der Waals surface area contributed by atoms with Gasteiger partial charge in [0.1, 0.15) is 0 Å². The summed E-state index contributed by atoms with van der Waals surface area (Å²) in [7, 11) is 0. The SMILES string of the molecule is CC(C)N(C(=O)CNC(=O)CN)C1CC1.Cl. The van der Waals surface area contributed by atoms with Gasteiger partial charge >= 0.3 is 0 Å². The quantitative estimate of drug-likeness (QED) is 0.714. The topological polar surface area (TPSA) is 75.4 Å². The number of halogens is 1. The summed E-state index contributed by atoms with van der Waals surface area (Å²) in [5, 5.41) is 2.49. The Labute approximate surface area is 102 Å². The second-order valence-electron chi connectivity index (χ2n) is 4.11. The smallest absolute Gasteiger partial charge is 0.242 e. The van der Waals surface area contributed by atoms with Crippen LogP contribution in [0.1, 0.15) is 26.7 Å². The van der Waals surface area contributed by atoms with Crippen molar-refractivity contribution < 1.29 is 9.59 Å². The summed E-state index contributed by atoms with van der Waals surface area (Å²) < 4.78 is 0. The molecule has 0 bridgehead atoms. The number of hydrogen-bond acceptors (Lipinski definition) is 3. The number of nitrogens with one attached hydrogen (secondary N) is 1. The Balaban J connectivity index is 0.00000225. The van der Waals surface area contributed by atoms with Gasteiger partial charge in [0.25, 0.3) is 0 Å². The lowest BCUT2D eigenvalue weighted by Gasteiger charge is -2.26. The second kappa shape index (κ2) is 6.70. The minimum atomic E-state index is -0.289. The molecule has 5 nitrogen and oxygen atoms in total. The summed E-state index contributed by atoms with van der Waals surface area (Å²) in [5.41, 5.74) is 5.13. The molecular weight excluding hydrogens is 230 g/mol. The summed E-state index contributed by atoms with van der Waals surface area (Å²) in [4.78, 5) is 24.5. The molecule has 1 aliphatic rings. The molecule has 0 aromatic carbocycles. The number of carbonyl (C=O) groups excluding carboxylic acids is 2. The Morgan fingerprint density at radius 3 is 2.38 bits per heavy atom. The Bertz CT molecular complexity index is 252. The van der Waals surface area contributed by atoms with E-state index in [1.165, 1.54) is 0 Å². The molecule has 1 aliphatic carbocycles. The molecule has 0 aliphatic heterocycles. The number of amides is 2. The van der Waals surface area contributed by atoms with Crippen LogP contribution in [0, 0.1) is 0 Å². The lowest BCUT2D eigenvalue weighted by atomic mass is 10.3. The summed E-state index contributed by atoms with van der Waals surface area (Å²) in [6.07, 6.45) is 2.16. The van der Waals surface area contributed by atoms with Gasteiger partial charge in [0.2, 0.25) is 11.8 Å². The number of rotatable bonds is 5. The van der Waals surface area contributed by atoms with Crippen molar-refractivity contribution in [2.75, 3.05) is 13.1 Å². The molecule has 0 heterocycles. The van der Waals surface area contributed by atoms with Crippen molar-refractivity contribution >= 4 is 24.2 Å². The molecule has 16 heavy (non-hydrogen) atoms. The second-order valence-corrected chi connectivity index (χ2v) is 4.11. The average molecular weight is 250 g/mol. The van der Waals surface area contributed by atoms with E-state index in [2.05, 4.69) is 5.32 Å². The number of hydrogen-bond donors (Lipinski definition) is 2. The van der Waals surface area contributed by atoms with Gasteiger partial charge in [0.05, 0.1) is 13.1 Å². The van der Waals surface area contributed by atoms with Crippen LogP contribution in [0.25, 0.3) is 0 Å². The molecule has 1 saturated carbocycles. The third kappa shape index (κ3) is 4.37. The molecule has 0 aromatic rings. The van der Waals surface area contributed by atoms with Crippen LogP contribution in [0.4, 0.5) is 0 Å². The first-order valence-corrected chi connectivity index (χ1v) is 5.34. The summed E-state index contributed by atoms with van der Waals surface area (Å²) >= 11 is 0. The molecule has 0 spiro atoms. The molecule has 6 heteroatoms. The van der Waals surface area contributed by atoms with Crippen LogP contribution in [-0.2, 0) is 9.59 Å².